The number of nitrogens with one attached hydrogen (secondary N) is 1. The Morgan fingerprint density at radius 3 is 2.69 bits per heavy atom. The fourth-order valence-electron chi connectivity index (χ4n) is 2.13. The molecule has 1 heterocycles. The molecule has 1 aromatic carbocycles. The van der Waals surface area contributed by atoms with Gasteiger partial charge in [-0.25, -0.2) is 0 Å². The Kier molecular flexibility index (Phi) is 2.65. The summed E-state index contributed by atoms with van der Waals surface area (Å²) in [6, 6.07) is 11.5. The average molecular weight is 175 g/mol. The number of rotatable bonds is 2. The minimum atomic E-state index is 0.656. The van der Waals surface area contributed by atoms with E-state index in [1.165, 1.54) is 24.9 Å². The van der Waals surface area contributed by atoms with Crippen molar-refractivity contribution in [2.45, 2.75) is 31.7 Å². The van der Waals surface area contributed by atoms with Gasteiger partial charge in [0, 0.05) is 6.04 Å². The lowest BCUT2D eigenvalue weighted by Crippen LogP contribution is -2.27. The molecule has 0 amide bonds. The van der Waals surface area contributed by atoms with Gasteiger partial charge < -0.3 is 5.32 Å². The van der Waals surface area contributed by atoms with Crippen LogP contribution in [0.1, 0.15) is 31.2 Å². The van der Waals surface area contributed by atoms with Crippen molar-refractivity contribution < 1.29 is 0 Å². The van der Waals surface area contributed by atoms with E-state index in [2.05, 4.69) is 42.6 Å². The van der Waals surface area contributed by atoms with Crippen LogP contribution in [-0.2, 0) is 0 Å². The summed E-state index contributed by atoms with van der Waals surface area (Å²) in [5, 5.41) is 3.55. The number of hydrogen-bond donors (Lipinski definition) is 1. The lowest BCUT2D eigenvalue weighted by Gasteiger charge is -2.19. The molecule has 0 bridgehead atoms. The molecule has 70 valence electrons. The van der Waals surface area contributed by atoms with Gasteiger partial charge in [0.15, 0.2) is 0 Å². The molecule has 0 saturated carbocycles. The molecule has 0 spiro atoms. The number of hydrogen-bond acceptors (Lipinski definition) is 1. The van der Waals surface area contributed by atoms with E-state index in [0.29, 0.717) is 12.0 Å². The Balaban J connectivity index is 2.08. The van der Waals surface area contributed by atoms with Crippen molar-refractivity contribution in [1.29, 1.82) is 0 Å². The van der Waals surface area contributed by atoms with Crippen LogP contribution in [0.4, 0.5) is 0 Å². The molecule has 2 rings (SSSR count). The van der Waals surface area contributed by atoms with Gasteiger partial charge >= 0.3 is 0 Å². The van der Waals surface area contributed by atoms with E-state index >= 15 is 0 Å². The fraction of sp³-hybridized carbons (Fsp3) is 0.500. The van der Waals surface area contributed by atoms with Crippen LogP contribution in [0, 0.1) is 0 Å². The van der Waals surface area contributed by atoms with Crippen LogP contribution in [0.15, 0.2) is 30.3 Å². The van der Waals surface area contributed by atoms with Gasteiger partial charge in [-0.05, 0) is 30.9 Å². The summed E-state index contributed by atoms with van der Waals surface area (Å²) in [6.45, 7) is 3.51. The molecule has 1 aliphatic rings. The Morgan fingerprint density at radius 2 is 2.08 bits per heavy atom. The normalized spacial score (nSPS) is 24.5. The average Bonchev–Trinajstić information content (AvgIpc) is 2.71. The molecule has 1 aromatic rings. The van der Waals surface area contributed by atoms with Crippen molar-refractivity contribution in [2.24, 2.45) is 0 Å². The SMILES string of the molecule is C[C@H](c1ccccc1)[C@H]1CCCN1. The van der Waals surface area contributed by atoms with Gasteiger partial charge in [0.25, 0.3) is 0 Å². The van der Waals surface area contributed by atoms with Gasteiger partial charge in [0.2, 0.25) is 0 Å². The second-order valence-corrected chi connectivity index (χ2v) is 3.90. The molecule has 0 unspecified atom stereocenters. The molecule has 1 fully saturated rings. The molecule has 1 saturated heterocycles. The molecular weight excluding hydrogens is 158 g/mol. The first-order valence-electron chi connectivity index (χ1n) is 5.16. The van der Waals surface area contributed by atoms with Gasteiger partial charge in [0.05, 0.1) is 0 Å². The second kappa shape index (κ2) is 3.93. The Bertz CT molecular complexity index is 249. The minimum Gasteiger partial charge on any atom is -0.313 e. The van der Waals surface area contributed by atoms with Gasteiger partial charge in [0.1, 0.15) is 0 Å². The van der Waals surface area contributed by atoms with Crippen LogP contribution >= 0.6 is 0 Å². The van der Waals surface area contributed by atoms with Gasteiger partial charge in [-0.1, -0.05) is 37.3 Å². The van der Waals surface area contributed by atoms with Crippen LogP contribution in [0.25, 0.3) is 0 Å². The lowest BCUT2D eigenvalue weighted by atomic mass is 9.92. The van der Waals surface area contributed by atoms with Gasteiger partial charge in [-0.2, -0.15) is 0 Å². The fourth-order valence-corrected chi connectivity index (χ4v) is 2.13. The van der Waals surface area contributed by atoms with Crippen molar-refractivity contribution in [2.75, 3.05) is 6.54 Å². The highest BCUT2D eigenvalue weighted by molar-refractivity contribution is 5.20. The molecule has 2 atom stereocenters. The zero-order valence-electron chi connectivity index (χ0n) is 8.16. The molecule has 0 aliphatic carbocycles. The molecule has 1 aliphatic heterocycles. The minimum absolute atomic E-state index is 0.656. The van der Waals surface area contributed by atoms with Crippen molar-refractivity contribution in [3.05, 3.63) is 35.9 Å². The van der Waals surface area contributed by atoms with E-state index in [1.54, 1.807) is 0 Å². The zero-order chi connectivity index (χ0) is 9.10. The summed E-state index contributed by atoms with van der Waals surface area (Å²) in [4.78, 5) is 0. The van der Waals surface area contributed by atoms with Crippen molar-refractivity contribution in [3.63, 3.8) is 0 Å². The molecule has 1 nitrogen and oxygen atoms in total. The molecule has 13 heavy (non-hydrogen) atoms. The highest BCUT2D eigenvalue weighted by atomic mass is 14.9. The van der Waals surface area contributed by atoms with Crippen LogP contribution < -0.4 is 5.32 Å². The largest absolute Gasteiger partial charge is 0.313 e. The molecule has 1 heteroatoms. The maximum atomic E-state index is 3.55. The van der Waals surface area contributed by atoms with E-state index in [1.807, 2.05) is 0 Å². The summed E-state index contributed by atoms with van der Waals surface area (Å²) in [5.74, 6) is 0.656. The Morgan fingerprint density at radius 1 is 1.31 bits per heavy atom. The smallest absolute Gasteiger partial charge is 0.0134 e. The van der Waals surface area contributed by atoms with Crippen LogP contribution in [0.3, 0.4) is 0 Å². The molecule has 0 radical (unpaired) electrons. The van der Waals surface area contributed by atoms with E-state index < -0.39 is 0 Å². The Labute approximate surface area is 80.2 Å². The highest BCUT2D eigenvalue weighted by Crippen LogP contribution is 2.24. The van der Waals surface area contributed by atoms with Crippen molar-refractivity contribution in [1.82, 2.24) is 5.32 Å². The van der Waals surface area contributed by atoms with Gasteiger partial charge in [-0.3, -0.25) is 0 Å². The van der Waals surface area contributed by atoms with Crippen molar-refractivity contribution in [3.8, 4) is 0 Å². The third-order valence-corrected chi connectivity index (χ3v) is 3.03. The maximum Gasteiger partial charge on any atom is 0.0134 e. The van der Waals surface area contributed by atoms with Crippen LogP contribution in [0.2, 0.25) is 0 Å². The van der Waals surface area contributed by atoms with Gasteiger partial charge in [-0.15, -0.1) is 0 Å². The standard InChI is InChI=1S/C12H17N/c1-10(12-8-5-9-13-12)11-6-3-2-4-7-11/h2-4,6-7,10,12-13H,5,8-9H2,1H3/t10-,12-/m1/s1. The predicted molar refractivity (Wildman–Crippen MR) is 55.9 cm³/mol. The van der Waals surface area contributed by atoms with Crippen LogP contribution in [0.5, 0.6) is 0 Å². The Hall–Kier alpha value is -0.820. The highest BCUT2D eigenvalue weighted by Gasteiger charge is 2.21. The second-order valence-electron chi connectivity index (χ2n) is 3.90. The molecule has 0 aromatic heterocycles. The molecular formula is C12H17N. The first-order chi connectivity index (χ1) is 6.38. The number of benzene rings is 1. The predicted octanol–water partition coefficient (Wildman–Crippen LogP) is 2.54. The first-order valence-corrected chi connectivity index (χ1v) is 5.16. The quantitative estimate of drug-likeness (QED) is 0.728. The van der Waals surface area contributed by atoms with E-state index in [0.717, 1.165) is 0 Å². The summed E-state index contributed by atoms with van der Waals surface area (Å²) in [7, 11) is 0. The summed E-state index contributed by atoms with van der Waals surface area (Å²) in [6.07, 6.45) is 2.66. The topological polar surface area (TPSA) is 12.0 Å². The monoisotopic (exact) mass is 175 g/mol. The molecule has 1 N–H and O–H groups in total. The summed E-state index contributed by atoms with van der Waals surface area (Å²) in [5.41, 5.74) is 1.46. The van der Waals surface area contributed by atoms with E-state index in [9.17, 15) is 0 Å². The maximum absolute atomic E-state index is 3.55. The van der Waals surface area contributed by atoms with Crippen LogP contribution in [-0.4, -0.2) is 12.6 Å². The van der Waals surface area contributed by atoms with Crippen molar-refractivity contribution >= 4 is 0 Å². The first kappa shape index (κ1) is 8.76. The van der Waals surface area contributed by atoms with E-state index in [4.69, 9.17) is 0 Å². The van der Waals surface area contributed by atoms with E-state index in [-0.39, 0.29) is 0 Å². The third kappa shape index (κ3) is 1.92. The lowest BCUT2D eigenvalue weighted by molar-refractivity contribution is 0.517. The third-order valence-electron chi connectivity index (χ3n) is 3.03. The zero-order valence-corrected chi connectivity index (χ0v) is 8.16. The summed E-state index contributed by atoms with van der Waals surface area (Å²) >= 11 is 0. The summed E-state index contributed by atoms with van der Waals surface area (Å²) < 4.78 is 0.